The predicted molar refractivity (Wildman–Crippen MR) is 111 cm³/mol. The predicted octanol–water partition coefficient (Wildman–Crippen LogP) is 2.94. The lowest BCUT2D eigenvalue weighted by atomic mass is 10.00. The van der Waals surface area contributed by atoms with Crippen LogP contribution in [-0.4, -0.2) is 50.4 Å². The van der Waals surface area contributed by atoms with Gasteiger partial charge < -0.3 is 19.6 Å². The van der Waals surface area contributed by atoms with E-state index in [0.29, 0.717) is 37.8 Å². The SMILES string of the molecule is O=C(NCc1ncccc1F)c1cnc(C2CN(CCc3nc4c(F)ccc(F)c4[nH]3)C2)o1. The highest BCUT2D eigenvalue weighted by Crippen LogP contribution is 2.27. The number of H-pyrrole nitrogens is 1. The highest BCUT2D eigenvalue weighted by Gasteiger charge is 2.32. The number of likely N-dealkylation sites (tertiary alicyclic amines) is 1. The normalized spacial score (nSPS) is 14.5. The molecule has 4 heterocycles. The molecule has 1 saturated heterocycles. The van der Waals surface area contributed by atoms with Gasteiger partial charge in [-0.15, -0.1) is 0 Å². The smallest absolute Gasteiger partial charge is 0.289 e. The Morgan fingerprint density at radius 2 is 1.97 bits per heavy atom. The number of imidazole rings is 1. The number of fused-ring (bicyclic) bond motifs is 1. The molecule has 5 rings (SSSR count). The second kappa shape index (κ2) is 8.66. The van der Waals surface area contributed by atoms with Crippen LogP contribution >= 0.6 is 0 Å². The monoisotopic (exact) mass is 456 g/mol. The molecule has 0 spiro atoms. The van der Waals surface area contributed by atoms with Crippen molar-refractivity contribution in [1.82, 2.24) is 30.2 Å². The number of amides is 1. The molecule has 11 heteroatoms. The molecule has 2 N–H and O–H groups in total. The number of aromatic amines is 1. The Hall–Kier alpha value is -3.73. The minimum absolute atomic E-state index is 0.00265. The van der Waals surface area contributed by atoms with Crippen LogP contribution in [0.3, 0.4) is 0 Å². The van der Waals surface area contributed by atoms with Gasteiger partial charge >= 0.3 is 0 Å². The average Bonchev–Trinajstić information content (AvgIpc) is 3.43. The van der Waals surface area contributed by atoms with Crippen LogP contribution in [0.2, 0.25) is 0 Å². The first-order chi connectivity index (χ1) is 16.0. The second-order valence-electron chi connectivity index (χ2n) is 7.82. The number of nitrogens with zero attached hydrogens (tertiary/aromatic N) is 4. The molecule has 170 valence electrons. The standard InChI is InChI=1S/C22H19F3N6O2/c23-13-2-1-6-26-16(13)8-27-21(32)17-9-28-22(33-17)12-10-31(11-12)7-5-18-29-19-14(24)3-4-15(25)20(19)30-18/h1-4,6,9,12H,5,7-8,10-11H2,(H,27,32)(H,29,30). The summed E-state index contributed by atoms with van der Waals surface area (Å²) in [5.41, 5.74) is 0.209. The summed E-state index contributed by atoms with van der Waals surface area (Å²) in [6, 6.07) is 4.88. The summed E-state index contributed by atoms with van der Waals surface area (Å²) < 4.78 is 46.8. The van der Waals surface area contributed by atoms with Gasteiger partial charge in [0.05, 0.1) is 24.4 Å². The van der Waals surface area contributed by atoms with E-state index >= 15 is 0 Å². The Bertz CT molecular complexity index is 1280. The van der Waals surface area contributed by atoms with Gasteiger partial charge in [-0.2, -0.15) is 0 Å². The van der Waals surface area contributed by atoms with Gasteiger partial charge in [0.15, 0.2) is 5.82 Å². The minimum Gasteiger partial charge on any atom is -0.435 e. The zero-order valence-corrected chi connectivity index (χ0v) is 17.3. The average molecular weight is 456 g/mol. The summed E-state index contributed by atoms with van der Waals surface area (Å²) in [5, 5.41) is 2.56. The number of halogens is 3. The largest absolute Gasteiger partial charge is 0.435 e. The first kappa shape index (κ1) is 21.1. The number of carbonyl (C=O) groups is 1. The minimum atomic E-state index is -0.563. The van der Waals surface area contributed by atoms with Gasteiger partial charge in [0.2, 0.25) is 11.7 Å². The van der Waals surface area contributed by atoms with Crippen molar-refractivity contribution in [2.75, 3.05) is 19.6 Å². The van der Waals surface area contributed by atoms with Gasteiger partial charge in [0.25, 0.3) is 5.91 Å². The number of carbonyl (C=O) groups excluding carboxylic acids is 1. The molecule has 33 heavy (non-hydrogen) atoms. The highest BCUT2D eigenvalue weighted by molar-refractivity contribution is 5.91. The number of aromatic nitrogens is 4. The zero-order valence-electron chi connectivity index (χ0n) is 17.3. The van der Waals surface area contributed by atoms with Crippen molar-refractivity contribution in [2.24, 2.45) is 0 Å². The second-order valence-corrected chi connectivity index (χ2v) is 7.82. The number of benzene rings is 1. The fourth-order valence-corrected chi connectivity index (χ4v) is 3.75. The van der Waals surface area contributed by atoms with E-state index in [1.807, 2.05) is 0 Å². The maximum atomic E-state index is 13.8. The molecule has 0 saturated carbocycles. The van der Waals surface area contributed by atoms with Crippen LogP contribution in [-0.2, 0) is 13.0 Å². The molecule has 8 nitrogen and oxygen atoms in total. The topological polar surface area (TPSA) is 99.9 Å². The lowest BCUT2D eigenvalue weighted by Crippen LogP contribution is -2.45. The van der Waals surface area contributed by atoms with Crippen LogP contribution in [0, 0.1) is 17.5 Å². The molecule has 0 atom stereocenters. The summed E-state index contributed by atoms with van der Waals surface area (Å²) in [7, 11) is 0. The third-order valence-electron chi connectivity index (χ3n) is 5.56. The molecule has 1 aliphatic heterocycles. The van der Waals surface area contributed by atoms with E-state index in [2.05, 4.69) is 30.2 Å². The van der Waals surface area contributed by atoms with Gasteiger partial charge in [-0.05, 0) is 24.3 Å². The van der Waals surface area contributed by atoms with Crippen LogP contribution in [0.5, 0.6) is 0 Å². The quantitative estimate of drug-likeness (QED) is 0.444. The van der Waals surface area contributed by atoms with Crippen molar-refractivity contribution in [1.29, 1.82) is 0 Å². The summed E-state index contributed by atoms with van der Waals surface area (Å²) in [6.45, 7) is 1.92. The van der Waals surface area contributed by atoms with E-state index in [4.69, 9.17) is 4.42 Å². The maximum Gasteiger partial charge on any atom is 0.289 e. The third kappa shape index (κ3) is 4.31. The van der Waals surface area contributed by atoms with Crippen molar-refractivity contribution in [3.05, 3.63) is 77.3 Å². The van der Waals surface area contributed by atoms with E-state index in [1.165, 1.54) is 24.5 Å². The lowest BCUT2D eigenvalue weighted by Gasteiger charge is -2.37. The fraction of sp³-hybridized carbons (Fsp3) is 0.273. The Kier molecular flexibility index (Phi) is 5.55. The van der Waals surface area contributed by atoms with Crippen LogP contribution in [0.15, 0.2) is 41.1 Å². The molecular formula is C22H19F3N6O2. The number of hydrogen-bond acceptors (Lipinski definition) is 6. The summed E-state index contributed by atoms with van der Waals surface area (Å²) in [5.74, 6) is -1.06. The molecular weight excluding hydrogens is 437 g/mol. The molecule has 1 aromatic carbocycles. The van der Waals surface area contributed by atoms with Gasteiger partial charge in [-0.3, -0.25) is 9.78 Å². The molecule has 1 amide bonds. The molecule has 0 radical (unpaired) electrons. The Labute approximate surface area is 185 Å². The maximum absolute atomic E-state index is 13.8. The third-order valence-corrected chi connectivity index (χ3v) is 5.56. The molecule has 0 bridgehead atoms. The molecule has 0 aliphatic carbocycles. The van der Waals surface area contributed by atoms with Gasteiger partial charge in [-0.1, -0.05) is 0 Å². The lowest BCUT2D eigenvalue weighted by molar-refractivity contribution is 0.0909. The molecule has 0 unspecified atom stereocenters. The summed E-state index contributed by atoms with van der Waals surface area (Å²) in [4.78, 5) is 29.4. The Morgan fingerprint density at radius 3 is 2.76 bits per heavy atom. The van der Waals surface area contributed by atoms with E-state index in [0.717, 1.165) is 12.1 Å². The fourth-order valence-electron chi connectivity index (χ4n) is 3.75. The Balaban J connectivity index is 1.12. The van der Waals surface area contributed by atoms with E-state index in [-0.39, 0.29) is 35.0 Å². The highest BCUT2D eigenvalue weighted by atomic mass is 19.1. The van der Waals surface area contributed by atoms with E-state index < -0.39 is 23.4 Å². The van der Waals surface area contributed by atoms with Crippen LogP contribution in [0.1, 0.15) is 33.9 Å². The van der Waals surface area contributed by atoms with Gasteiger partial charge in [-0.25, -0.2) is 23.1 Å². The van der Waals surface area contributed by atoms with Crippen LogP contribution < -0.4 is 5.32 Å². The molecule has 3 aromatic heterocycles. The summed E-state index contributed by atoms with van der Waals surface area (Å²) in [6.07, 6.45) is 3.30. The number of nitrogens with one attached hydrogen (secondary N) is 2. The number of hydrogen-bond donors (Lipinski definition) is 2. The molecule has 4 aromatic rings. The van der Waals surface area contributed by atoms with E-state index in [9.17, 15) is 18.0 Å². The first-order valence-electron chi connectivity index (χ1n) is 10.4. The van der Waals surface area contributed by atoms with Gasteiger partial charge in [0.1, 0.15) is 28.5 Å². The van der Waals surface area contributed by atoms with Crippen LogP contribution in [0.25, 0.3) is 11.0 Å². The van der Waals surface area contributed by atoms with Gasteiger partial charge in [0, 0.05) is 32.3 Å². The number of pyridine rings is 1. The number of oxazole rings is 1. The van der Waals surface area contributed by atoms with Crippen molar-refractivity contribution in [3.63, 3.8) is 0 Å². The Morgan fingerprint density at radius 1 is 1.15 bits per heavy atom. The van der Waals surface area contributed by atoms with Crippen molar-refractivity contribution in [3.8, 4) is 0 Å². The molecule has 1 aliphatic rings. The van der Waals surface area contributed by atoms with Crippen molar-refractivity contribution < 1.29 is 22.4 Å². The summed E-state index contributed by atoms with van der Waals surface area (Å²) >= 11 is 0. The molecule has 1 fully saturated rings. The van der Waals surface area contributed by atoms with Crippen molar-refractivity contribution >= 4 is 16.9 Å². The number of rotatable bonds is 7. The van der Waals surface area contributed by atoms with Crippen LogP contribution in [0.4, 0.5) is 13.2 Å². The van der Waals surface area contributed by atoms with Crippen molar-refractivity contribution in [2.45, 2.75) is 18.9 Å². The zero-order chi connectivity index (χ0) is 22.9. The van der Waals surface area contributed by atoms with E-state index in [1.54, 1.807) is 0 Å². The first-order valence-corrected chi connectivity index (χ1v) is 10.4.